The first kappa shape index (κ1) is 14.8. The number of imidazole rings is 1. The number of carbonyl (C=O) groups excluding carboxylic acids is 1. The summed E-state index contributed by atoms with van der Waals surface area (Å²) in [7, 11) is -3.44. The van der Waals surface area contributed by atoms with Crippen LogP contribution in [0, 0.1) is 6.92 Å². The van der Waals surface area contributed by atoms with E-state index in [9.17, 15) is 13.2 Å². The number of hydrogen-bond donors (Lipinski definition) is 1. The third kappa shape index (κ3) is 2.92. The molecule has 0 aliphatic carbocycles. The van der Waals surface area contributed by atoms with Crippen LogP contribution in [-0.2, 0) is 22.8 Å². The van der Waals surface area contributed by atoms with Gasteiger partial charge in [0.15, 0.2) is 5.76 Å². The van der Waals surface area contributed by atoms with Gasteiger partial charge in [0, 0.05) is 31.5 Å². The number of sulfone groups is 1. The van der Waals surface area contributed by atoms with E-state index < -0.39 is 15.7 Å². The fourth-order valence-electron chi connectivity index (χ4n) is 2.60. The molecule has 0 aromatic carbocycles. The molecule has 0 spiro atoms. The summed E-state index contributed by atoms with van der Waals surface area (Å²) in [5, 5.41) is 2.67. The SMILES string of the molecule is Cc1cn2c(n1)CC[C@H](NC(=O)c1ccc(S(C)(=O)=O)o1)C2. The number of rotatable bonds is 3. The maximum absolute atomic E-state index is 12.1. The predicted molar refractivity (Wildman–Crippen MR) is 78.4 cm³/mol. The Morgan fingerprint density at radius 2 is 2.23 bits per heavy atom. The number of hydrogen-bond acceptors (Lipinski definition) is 5. The van der Waals surface area contributed by atoms with Crippen molar-refractivity contribution < 1.29 is 17.6 Å². The molecule has 1 aliphatic rings. The molecule has 7 nitrogen and oxygen atoms in total. The Morgan fingerprint density at radius 3 is 2.91 bits per heavy atom. The van der Waals surface area contributed by atoms with Gasteiger partial charge in [0.25, 0.3) is 5.91 Å². The maximum atomic E-state index is 12.1. The monoisotopic (exact) mass is 323 g/mol. The van der Waals surface area contributed by atoms with Gasteiger partial charge in [0.05, 0.1) is 5.69 Å². The van der Waals surface area contributed by atoms with Crippen LogP contribution in [0.4, 0.5) is 0 Å². The van der Waals surface area contributed by atoms with Gasteiger partial charge in [0.2, 0.25) is 14.9 Å². The highest BCUT2D eigenvalue weighted by Gasteiger charge is 2.23. The molecule has 0 fully saturated rings. The first-order valence-corrected chi connectivity index (χ1v) is 8.85. The highest BCUT2D eigenvalue weighted by atomic mass is 32.2. The summed E-state index contributed by atoms with van der Waals surface area (Å²) in [4.78, 5) is 16.6. The van der Waals surface area contributed by atoms with Gasteiger partial charge >= 0.3 is 0 Å². The Labute approximate surface area is 128 Å². The van der Waals surface area contributed by atoms with Crippen LogP contribution in [0.25, 0.3) is 0 Å². The van der Waals surface area contributed by atoms with Crippen molar-refractivity contribution in [3.8, 4) is 0 Å². The van der Waals surface area contributed by atoms with Gasteiger partial charge in [-0.25, -0.2) is 13.4 Å². The number of nitrogens with one attached hydrogen (secondary N) is 1. The Hall–Kier alpha value is -2.09. The third-order valence-electron chi connectivity index (χ3n) is 3.62. The molecule has 1 amide bonds. The molecular formula is C14H17N3O4S. The fourth-order valence-corrected chi connectivity index (χ4v) is 3.16. The van der Waals surface area contributed by atoms with Crippen molar-refractivity contribution in [1.82, 2.24) is 14.9 Å². The number of amides is 1. The first-order valence-electron chi connectivity index (χ1n) is 6.96. The second kappa shape index (κ2) is 5.28. The zero-order valence-electron chi connectivity index (χ0n) is 12.4. The lowest BCUT2D eigenvalue weighted by Gasteiger charge is -2.24. The molecule has 3 heterocycles. The van der Waals surface area contributed by atoms with Crippen molar-refractivity contribution in [2.75, 3.05) is 6.26 Å². The second-order valence-electron chi connectivity index (χ2n) is 5.55. The van der Waals surface area contributed by atoms with Crippen LogP contribution in [0.1, 0.15) is 28.5 Å². The van der Waals surface area contributed by atoms with Gasteiger partial charge < -0.3 is 14.3 Å². The second-order valence-corrected chi connectivity index (χ2v) is 7.50. The molecule has 0 unspecified atom stereocenters. The lowest BCUT2D eigenvalue weighted by atomic mass is 10.1. The van der Waals surface area contributed by atoms with Crippen LogP contribution < -0.4 is 5.32 Å². The average molecular weight is 323 g/mol. The van der Waals surface area contributed by atoms with Crippen LogP contribution in [-0.4, -0.2) is 36.2 Å². The van der Waals surface area contributed by atoms with Gasteiger partial charge in [-0.2, -0.15) is 0 Å². The standard InChI is InChI=1S/C14H17N3O4S/c1-9-7-17-8-10(3-5-12(17)15-9)16-14(18)11-4-6-13(21-11)22(2,19)20/h4,6-7,10H,3,5,8H2,1-2H3,(H,16,18)/t10-/m0/s1. The average Bonchev–Trinajstić information content (AvgIpc) is 3.02. The van der Waals surface area contributed by atoms with Crippen LogP contribution >= 0.6 is 0 Å². The zero-order valence-corrected chi connectivity index (χ0v) is 13.2. The molecular weight excluding hydrogens is 306 g/mol. The van der Waals surface area contributed by atoms with Gasteiger partial charge in [-0.1, -0.05) is 0 Å². The molecule has 0 saturated carbocycles. The van der Waals surface area contributed by atoms with Gasteiger partial charge in [-0.3, -0.25) is 4.79 Å². The number of furan rings is 1. The Bertz CT molecular complexity index is 819. The minimum absolute atomic E-state index is 0.00744. The topological polar surface area (TPSA) is 94.2 Å². The molecule has 1 atom stereocenters. The van der Waals surface area contributed by atoms with Gasteiger partial charge in [-0.05, 0) is 25.5 Å². The van der Waals surface area contributed by atoms with E-state index in [0.29, 0.717) is 6.54 Å². The van der Waals surface area contributed by atoms with E-state index in [1.54, 1.807) is 0 Å². The number of aromatic nitrogens is 2. The van der Waals surface area contributed by atoms with Gasteiger partial charge in [-0.15, -0.1) is 0 Å². The summed E-state index contributed by atoms with van der Waals surface area (Å²) in [6, 6.07) is 2.64. The van der Waals surface area contributed by atoms with Crippen molar-refractivity contribution in [2.24, 2.45) is 0 Å². The lowest BCUT2D eigenvalue weighted by molar-refractivity contribution is 0.0894. The predicted octanol–water partition coefficient (Wildman–Crippen LogP) is 0.933. The summed E-state index contributed by atoms with van der Waals surface area (Å²) in [5.74, 6) is 0.633. The van der Waals surface area contributed by atoms with Crippen molar-refractivity contribution in [2.45, 2.75) is 37.4 Å². The molecule has 3 rings (SSSR count). The lowest BCUT2D eigenvalue weighted by Crippen LogP contribution is -2.40. The van der Waals surface area contributed by atoms with Gasteiger partial charge in [0.1, 0.15) is 5.82 Å². The minimum Gasteiger partial charge on any atom is -0.440 e. The molecule has 22 heavy (non-hydrogen) atoms. The highest BCUT2D eigenvalue weighted by molar-refractivity contribution is 7.90. The van der Waals surface area contributed by atoms with E-state index in [1.807, 2.05) is 17.7 Å². The first-order chi connectivity index (χ1) is 10.3. The van der Waals surface area contributed by atoms with E-state index in [0.717, 1.165) is 30.6 Å². The molecule has 8 heteroatoms. The molecule has 1 aliphatic heterocycles. The molecule has 118 valence electrons. The van der Waals surface area contributed by atoms with E-state index in [1.165, 1.54) is 12.1 Å². The molecule has 0 bridgehead atoms. The zero-order chi connectivity index (χ0) is 15.9. The van der Waals surface area contributed by atoms with Crippen molar-refractivity contribution in [3.05, 3.63) is 35.6 Å². The van der Waals surface area contributed by atoms with Crippen LogP contribution in [0.3, 0.4) is 0 Å². The summed E-state index contributed by atoms with van der Waals surface area (Å²) in [6.45, 7) is 2.59. The largest absolute Gasteiger partial charge is 0.440 e. The molecule has 2 aromatic rings. The third-order valence-corrected chi connectivity index (χ3v) is 4.57. The van der Waals surface area contributed by atoms with Crippen molar-refractivity contribution in [1.29, 1.82) is 0 Å². The Balaban J connectivity index is 1.69. The number of nitrogens with zero attached hydrogens (tertiary/aromatic N) is 2. The number of carbonyl (C=O) groups is 1. The molecule has 0 radical (unpaired) electrons. The summed E-state index contributed by atoms with van der Waals surface area (Å²) < 4.78 is 29.9. The van der Waals surface area contributed by atoms with E-state index in [2.05, 4.69) is 10.3 Å². The van der Waals surface area contributed by atoms with E-state index in [-0.39, 0.29) is 16.9 Å². The fraction of sp³-hybridized carbons (Fsp3) is 0.429. The number of fused-ring (bicyclic) bond motifs is 1. The van der Waals surface area contributed by atoms with E-state index >= 15 is 0 Å². The molecule has 0 saturated heterocycles. The van der Waals surface area contributed by atoms with Crippen LogP contribution in [0.15, 0.2) is 27.8 Å². The smallest absolute Gasteiger partial charge is 0.287 e. The summed E-state index contributed by atoms with van der Waals surface area (Å²) in [6.07, 6.45) is 4.59. The quantitative estimate of drug-likeness (QED) is 0.907. The van der Waals surface area contributed by atoms with Crippen molar-refractivity contribution in [3.63, 3.8) is 0 Å². The molecule has 1 N–H and O–H groups in total. The number of aryl methyl sites for hydroxylation is 2. The Morgan fingerprint density at radius 1 is 1.45 bits per heavy atom. The van der Waals surface area contributed by atoms with Crippen molar-refractivity contribution >= 4 is 15.7 Å². The highest BCUT2D eigenvalue weighted by Crippen LogP contribution is 2.17. The minimum atomic E-state index is -3.44. The van der Waals surface area contributed by atoms with Crippen LogP contribution in [0.5, 0.6) is 0 Å². The summed E-state index contributed by atoms with van der Waals surface area (Å²) in [5.41, 5.74) is 0.964. The summed E-state index contributed by atoms with van der Waals surface area (Å²) >= 11 is 0. The van der Waals surface area contributed by atoms with E-state index in [4.69, 9.17) is 4.42 Å². The molecule has 2 aromatic heterocycles. The maximum Gasteiger partial charge on any atom is 0.287 e. The Kier molecular flexibility index (Phi) is 3.56. The van der Waals surface area contributed by atoms with Crippen LogP contribution in [0.2, 0.25) is 0 Å². The normalized spacial score (nSPS) is 18.0.